The second-order valence-electron chi connectivity index (χ2n) is 7.72. The molecule has 3 amide bonds. The molecule has 0 bridgehead atoms. The van der Waals surface area contributed by atoms with E-state index in [0.29, 0.717) is 28.1 Å². The molecule has 2 heterocycles. The molecule has 1 fully saturated rings. The topological polar surface area (TPSA) is 87.2 Å². The molecule has 3 aromatic carbocycles. The van der Waals surface area contributed by atoms with E-state index < -0.39 is 6.04 Å². The molecular formula is C24H20ClN5O2S. The largest absolute Gasteiger partial charge is 0.322 e. The Morgan fingerprint density at radius 3 is 2.61 bits per heavy atom. The van der Waals surface area contributed by atoms with Crippen molar-refractivity contribution in [3.8, 4) is 10.6 Å². The lowest BCUT2D eigenvalue weighted by Crippen LogP contribution is -2.45. The molecule has 166 valence electrons. The molecule has 5 rings (SSSR count). The Morgan fingerprint density at radius 2 is 1.76 bits per heavy atom. The highest BCUT2D eigenvalue weighted by atomic mass is 35.5. The Morgan fingerprint density at radius 1 is 0.970 bits per heavy atom. The number of urea groups is 1. The number of amides is 3. The summed E-state index contributed by atoms with van der Waals surface area (Å²) >= 11 is 7.21. The van der Waals surface area contributed by atoms with Gasteiger partial charge >= 0.3 is 6.03 Å². The fourth-order valence-electron chi connectivity index (χ4n) is 3.98. The Hall–Kier alpha value is -3.49. The number of hydrogen-bond donors (Lipinski definition) is 2. The van der Waals surface area contributed by atoms with Crippen molar-refractivity contribution in [1.29, 1.82) is 0 Å². The van der Waals surface area contributed by atoms with Gasteiger partial charge in [0.25, 0.3) is 0 Å². The van der Waals surface area contributed by atoms with Crippen molar-refractivity contribution >= 4 is 56.5 Å². The van der Waals surface area contributed by atoms with Gasteiger partial charge in [0, 0.05) is 22.5 Å². The fraction of sp³-hybridized carbons (Fsp3) is 0.167. The van der Waals surface area contributed by atoms with Crippen LogP contribution in [0.3, 0.4) is 0 Å². The second-order valence-corrected chi connectivity index (χ2v) is 9.13. The summed E-state index contributed by atoms with van der Waals surface area (Å²) in [5.41, 5.74) is 1.59. The third kappa shape index (κ3) is 4.53. The smallest absolute Gasteiger partial charge is 0.312 e. The van der Waals surface area contributed by atoms with Crippen molar-refractivity contribution in [3.63, 3.8) is 0 Å². The number of halogens is 1. The van der Waals surface area contributed by atoms with E-state index in [-0.39, 0.29) is 11.9 Å². The molecule has 1 unspecified atom stereocenters. The van der Waals surface area contributed by atoms with Crippen LogP contribution in [0.2, 0.25) is 5.02 Å². The molecule has 1 aliphatic heterocycles. The summed E-state index contributed by atoms with van der Waals surface area (Å²) in [7, 11) is 0. The van der Waals surface area contributed by atoms with Gasteiger partial charge < -0.3 is 10.2 Å². The fourth-order valence-corrected chi connectivity index (χ4v) is 4.85. The van der Waals surface area contributed by atoms with Crippen molar-refractivity contribution in [2.45, 2.75) is 18.9 Å². The molecule has 0 radical (unpaired) electrons. The standard InChI is InChI=1S/C24H20ClN5O2S/c25-17-12-10-16(11-13-17)22-28-29-23(33-22)27-21(31)20-9-4-14-30(20)24(32)26-19-8-3-6-15-5-1-2-7-18(15)19/h1-3,5-8,10-13,20H,4,9,14H2,(H,26,32)(H,27,29,31). The Balaban J connectivity index is 1.28. The molecule has 1 aromatic heterocycles. The monoisotopic (exact) mass is 477 g/mol. The van der Waals surface area contributed by atoms with E-state index in [1.165, 1.54) is 11.3 Å². The van der Waals surface area contributed by atoms with Crippen molar-refractivity contribution in [1.82, 2.24) is 15.1 Å². The van der Waals surface area contributed by atoms with Gasteiger partial charge in [-0.1, -0.05) is 71.5 Å². The molecule has 1 atom stereocenters. The number of nitrogens with one attached hydrogen (secondary N) is 2. The lowest BCUT2D eigenvalue weighted by molar-refractivity contribution is -0.119. The summed E-state index contributed by atoms with van der Waals surface area (Å²) in [6.07, 6.45) is 1.35. The molecule has 2 N–H and O–H groups in total. The SMILES string of the molecule is O=C(Nc1nnc(-c2ccc(Cl)cc2)s1)C1CCCN1C(=O)Nc1cccc2ccccc12. The number of nitrogens with zero attached hydrogens (tertiary/aromatic N) is 3. The average molecular weight is 478 g/mol. The maximum Gasteiger partial charge on any atom is 0.322 e. The highest BCUT2D eigenvalue weighted by Gasteiger charge is 2.34. The van der Waals surface area contributed by atoms with Crippen molar-refractivity contribution < 1.29 is 9.59 Å². The molecule has 0 aliphatic carbocycles. The van der Waals surface area contributed by atoms with Crippen LogP contribution in [0.5, 0.6) is 0 Å². The van der Waals surface area contributed by atoms with Gasteiger partial charge in [-0.3, -0.25) is 10.1 Å². The first kappa shape index (κ1) is 21.4. The maximum atomic E-state index is 13.0. The molecule has 7 nitrogen and oxygen atoms in total. The van der Waals surface area contributed by atoms with Crippen molar-refractivity contribution in [2.24, 2.45) is 0 Å². The zero-order chi connectivity index (χ0) is 22.8. The van der Waals surface area contributed by atoms with E-state index in [2.05, 4.69) is 20.8 Å². The average Bonchev–Trinajstić information content (AvgIpc) is 3.50. The van der Waals surface area contributed by atoms with E-state index >= 15 is 0 Å². The highest BCUT2D eigenvalue weighted by Crippen LogP contribution is 2.29. The van der Waals surface area contributed by atoms with Gasteiger partial charge in [0.15, 0.2) is 0 Å². The molecular weight excluding hydrogens is 458 g/mol. The van der Waals surface area contributed by atoms with Crippen molar-refractivity contribution in [2.75, 3.05) is 17.2 Å². The van der Waals surface area contributed by atoms with Crippen LogP contribution >= 0.6 is 22.9 Å². The number of anilines is 2. The zero-order valence-corrected chi connectivity index (χ0v) is 19.1. The summed E-state index contributed by atoms with van der Waals surface area (Å²) < 4.78 is 0. The van der Waals surface area contributed by atoms with Gasteiger partial charge in [0.05, 0.1) is 5.69 Å². The van der Waals surface area contributed by atoms with Gasteiger partial charge in [-0.15, -0.1) is 10.2 Å². The Kier molecular flexibility index (Phi) is 5.93. The Bertz CT molecular complexity index is 1320. The summed E-state index contributed by atoms with van der Waals surface area (Å²) in [6, 6.07) is 20.0. The number of carbonyl (C=O) groups excluding carboxylic acids is 2. The van der Waals surface area contributed by atoms with Gasteiger partial charge in [-0.2, -0.15) is 0 Å². The lowest BCUT2D eigenvalue weighted by atomic mass is 10.1. The van der Waals surface area contributed by atoms with Crippen LogP contribution in [0.15, 0.2) is 66.7 Å². The molecule has 33 heavy (non-hydrogen) atoms. The number of benzene rings is 3. The number of rotatable bonds is 4. The van der Waals surface area contributed by atoms with Crippen LogP contribution < -0.4 is 10.6 Å². The van der Waals surface area contributed by atoms with Crippen LogP contribution in [-0.4, -0.2) is 39.6 Å². The molecule has 9 heteroatoms. The van der Waals surface area contributed by atoms with E-state index in [4.69, 9.17) is 11.6 Å². The third-order valence-electron chi connectivity index (χ3n) is 5.59. The molecule has 4 aromatic rings. The molecule has 0 saturated carbocycles. The minimum Gasteiger partial charge on any atom is -0.312 e. The molecule has 1 saturated heterocycles. The number of carbonyl (C=O) groups is 2. The van der Waals surface area contributed by atoms with Gasteiger partial charge in [-0.05, 0) is 36.4 Å². The third-order valence-corrected chi connectivity index (χ3v) is 6.73. The minimum absolute atomic E-state index is 0.264. The Labute approximate surface area is 199 Å². The highest BCUT2D eigenvalue weighted by molar-refractivity contribution is 7.18. The first-order valence-corrected chi connectivity index (χ1v) is 11.7. The van der Waals surface area contributed by atoms with Crippen LogP contribution in [0.4, 0.5) is 15.6 Å². The zero-order valence-electron chi connectivity index (χ0n) is 17.5. The van der Waals surface area contributed by atoms with E-state index in [1.54, 1.807) is 17.0 Å². The number of fused-ring (bicyclic) bond motifs is 1. The normalized spacial score (nSPS) is 15.5. The van der Waals surface area contributed by atoms with Crippen LogP contribution in [0.25, 0.3) is 21.3 Å². The molecule has 0 spiro atoms. The summed E-state index contributed by atoms with van der Waals surface area (Å²) in [4.78, 5) is 27.6. The van der Waals surface area contributed by atoms with Gasteiger partial charge in [0.2, 0.25) is 11.0 Å². The summed E-state index contributed by atoms with van der Waals surface area (Å²) in [5, 5.41) is 17.7. The summed E-state index contributed by atoms with van der Waals surface area (Å²) in [5.74, 6) is -0.264. The van der Waals surface area contributed by atoms with Gasteiger partial charge in [0.1, 0.15) is 11.0 Å². The number of likely N-dealkylation sites (tertiary alicyclic amines) is 1. The van der Waals surface area contributed by atoms with Gasteiger partial charge in [-0.25, -0.2) is 4.79 Å². The maximum absolute atomic E-state index is 13.0. The first-order chi connectivity index (χ1) is 16.1. The second kappa shape index (κ2) is 9.17. The number of hydrogen-bond acceptors (Lipinski definition) is 5. The molecule has 1 aliphatic rings. The van der Waals surface area contributed by atoms with Crippen LogP contribution in [-0.2, 0) is 4.79 Å². The van der Waals surface area contributed by atoms with E-state index in [1.807, 2.05) is 54.6 Å². The van der Waals surface area contributed by atoms with Crippen molar-refractivity contribution in [3.05, 3.63) is 71.8 Å². The predicted molar refractivity (Wildman–Crippen MR) is 132 cm³/mol. The minimum atomic E-state index is -0.567. The van der Waals surface area contributed by atoms with E-state index in [0.717, 1.165) is 28.4 Å². The first-order valence-electron chi connectivity index (χ1n) is 10.5. The van der Waals surface area contributed by atoms with E-state index in [9.17, 15) is 9.59 Å². The van der Waals surface area contributed by atoms with Crippen LogP contribution in [0.1, 0.15) is 12.8 Å². The predicted octanol–water partition coefficient (Wildman–Crippen LogP) is 5.65. The summed E-state index contributed by atoms with van der Waals surface area (Å²) in [6.45, 7) is 0.515. The quantitative estimate of drug-likeness (QED) is 0.397. The number of aromatic nitrogens is 2. The lowest BCUT2D eigenvalue weighted by Gasteiger charge is -2.24. The van der Waals surface area contributed by atoms with Crippen LogP contribution in [0, 0.1) is 0 Å².